The molecule has 0 unspecified atom stereocenters. The first kappa shape index (κ1) is 4.86. The standard InChI is InChI=1S/C4H5OSi2/c5-7-4-2-1-3-6-7/h1-5H. The van der Waals surface area contributed by atoms with E-state index in [1.165, 1.54) is 0 Å². The van der Waals surface area contributed by atoms with Gasteiger partial charge in [0.2, 0.25) is 8.13 Å². The fraction of sp³-hybridized carbons (Fsp3) is 0. The van der Waals surface area contributed by atoms with Crippen molar-refractivity contribution in [2.24, 2.45) is 0 Å². The Kier molecular flexibility index (Phi) is 1.48. The third kappa shape index (κ3) is 1.32. The van der Waals surface area contributed by atoms with Crippen LogP contribution >= 0.6 is 0 Å². The molecule has 0 spiro atoms. The maximum absolute atomic E-state index is 8.89. The van der Waals surface area contributed by atoms with Crippen LogP contribution in [0.3, 0.4) is 0 Å². The lowest BCUT2D eigenvalue weighted by Gasteiger charge is -1.85. The molecule has 0 aromatic rings. The number of allylic oxidation sites excluding steroid dienone is 2. The van der Waals surface area contributed by atoms with Crippen molar-refractivity contribution in [1.29, 1.82) is 0 Å². The van der Waals surface area contributed by atoms with E-state index in [9.17, 15) is 0 Å². The molecule has 35 valence electrons. The lowest BCUT2D eigenvalue weighted by Crippen LogP contribution is -2.01. The Balaban J connectivity index is 2.82. The van der Waals surface area contributed by atoms with E-state index in [4.69, 9.17) is 4.80 Å². The summed E-state index contributed by atoms with van der Waals surface area (Å²) in [6, 6.07) is 0. The van der Waals surface area contributed by atoms with Crippen LogP contribution in [0, 0.1) is 0 Å². The van der Waals surface area contributed by atoms with Crippen LogP contribution in [-0.2, 0) is 0 Å². The summed E-state index contributed by atoms with van der Waals surface area (Å²) in [6.45, 7) is 0. The molecule has 0 atom stereocenters. The Morgan fingerprint density at radius 3 is 2.57 bits per heavy atom. The van der Waals surface area contributed by atoms with Crippen LogP contribution in [0.15, 0.2) is 23.6 Å². The maximum Gasteiger partial charge on any atom is 0.229 e. The zero-order chi connectivity index (χ0) is 5.11. The molecule has 1 radical (unpaired) electrons. The average molecular weight is 125 g/mol. The van der Waals surface area contributed by atoms with Gasteiger partial charge in [-0.3, -0.25) is 0 Å². The monoisotopic (exact) mass is 125 g/mol. The smallest absolute Gasteiger partial charge is 0.229 e. The van der Waals surface area contributed by atoms with Gasteiger partial charge in [-0.2, -0.15) is 0 Å². The summed E-state index contributed by atoms with van der Waals surface area (Å²) >= 11 is 0. The molecule has 0 aromatic carbocycles. The summed E-state index contributed by atoms with van der Waals surface area (Å²) in [6.07, 6.45) is 3.88. The quantitative estimate of drug-likeness (QED) is 0.444. The van der Waals surface area contributed by atoms with Gasteiger partial charge >= 0.3 is 0 Å². The van der Waals surface area contributed by atoms with Gasteiger partial charge in [0.25, 0.3) is 0 Å². The topological polar surface area (TPSA) is 20.2 Å². The van der Waals surface area contributed by atoms with E-state index in [-0.39, 0.29) is 0 Å². The predicted octanol–water partition coefficient (Wildman–Crippen LogP) is -0.206. The van der Waals surface area contributed by atoms with Crippen LogP contribution in [0.4, 0.5) is 0 Å². The summed E-state index contributed by atoms with van der Waals surface area (Å²) in [5, 5.41) is 0. The van der Waals surface area contributed by atoms with Gasteiger partial charge in [-0.1, -0.05) is 17.9 Å². The molecule has 1 heterocycles. The molecule has 1 aliphatic rings. The number of hydrogen-bond donors (Lipinski definition) is 1. The first-order valence-corrected chi connectivity index (χ1v) is 5.65. The van der Waals surface area contributed by atoms with Crippen LogP contribution < -0.4 is 0 Å². The summed E-state index contributed by atoms with van der Waals surface area (Å²) in [5.74, 6) is 0. The first-order valence-electron chi connectivity index (χ1n) is 2.05. The van der Waals surface area contributed by atoms with E-state index in [0.717, 1.165) is 0 Å². The van der Waals surface area contributed by atoms with Gasteiger partial charge in [-0.15, -0.1) is 0 Å². The van der Waals surface area contributed by atoms with Crippen molar-refractivity contribution >= 4 is 16.7 Å². The Morgan fingerprint density at radius 1 is 1.43 bits per heavy atom. The molecule has 1 N–H and O–H groups in total. The van der Waals surface area contributed by atoms with Crippen LogP contribution in [0.2, 0.25) is 0 Å². The molecular weight excluding hydrogens is 120 g/mol. The molecular formula is C4H5OSi2. The Bertz CT molecular complexity index is 146. The van der Waals surface area contributed by atoms with Crippen LogP contribution in [0.5, 0.6) is 0 Å². The second kappa shape index (κ2) is 2.13. The molecule has 1 aliphatic heterocycles. The van der Waals surface area contributed by atoms with Crippen molar-refractivity contribution in [1.82, 2.24) is 0 Å². The van der Waals surface area contributed by atoms with E-state index in [2.05, 4.69) is 0 Å². The van der Waals surface area contributed by atoms with Crippen molar-refractivity contribution in [2.75, 3.05) is 0 Å². The van der Waals surface area contributed by atoms with E-state index < -0.39 is 8.13 Å². The van der Waals surface area contributed by atoms with E-state index >= 15 is 0 Å². The largest absolute Gasteiger partial charge is 0.566 e. The normalized spacial score (nSPS) is 16.9. The van der Waals surface area contributed by atoms with Crippen LogP contribution in [0.25, 0.3) is 0 Å². The van der Waals surface area contributed by atoms with Gasteiger partial charge in [0.1, 0.15) is 0 Å². The SMILES string of the molecule is O[Si]1=[Si]C=CC=C1. The lowest BCUT2D eigenvalue weighted by molar-refractivity contribution is 0.610. The van der Waals surface area contributed by atoms with Crippen molar-refractivity contribution in [3.05, 3.63) is 23.6 Å². The van der Waals surface area contributed by atoms with Gasteiger partial charge < -0.3 is 4.80 Å². The van der Waals surface area contributed by atoms with E-state index in [1.54, 1.807) is 0 Å². The Hall–Kier alpha value is -0.286. The van der Waals surface area contributed by atoms with Crippen molar-refractivity contribution in [3.63, 3.8) is 0 Å². The van der Waals surface area contributed by atoms with Gasteiger partial charge in [-0.05, 0) is 5.70 Å². The van der Waals surface area contributed by atoms with Crippen molar-refractivity contribution in [2.45, 2.75) is 0 Å². The van der Waals surface area contributed by atoms with E-state index in [0.29, 0.717) is 8.61 Å². The molecule has 7 heavy (non-hydrogen) atoms. The zero-order valence-corrected chi connectivity index (χ0v) is 5.76. The fourth-order valence-corrected chi connectivity index (χ4v) is 2.53. The van der Waals surface area contributed by atoms with Gasteiger partial charge in [0.05, 0.1) is 8.61 Å². The van der Waals surface area contributed by atoms with Crippen molar-refractivity contribution in [3.8, 4) is 0 Å². The third-order valence-corrected chi connectivity index (χ3v) is 3.74. The van der Waals surface area contributed by atoms with Gasteiger partial charge in [0, 0.05) is 0 Å². The van der Waals surface area contributed by atoms with Crippen LogP contribution in [-0.4, -0.2) is 21.5 Å². The number of rotatable bonds is 0. The summed E-state index contributed by atoms with van der Waals surface area (Å²) in [4.78, 5) is 8.89. The molecule has 0 amide bonds. The highest BCUT2D eigenvalue weighted by Gasteiger charge is 1.85. The van der Waals surface area contributed by atoms with E-state index in [1.807, 2.05) is 23.6 Å². The van der Waals surface area contributed by atoms with Gasteiger partial charge in [0.15, 0.2) is 0 Å². The second-order valence-corrected chi connectivity index (χ2v) is 5.38. The zero-order valence-electron chi connectivity index (χ0n) is 3.76. The van der Waals surface area contributed by atoms with Crippen LogP contribution in [0.1, 0.15) is 0 Å². The summed E-state index contributed by atoms with van der Waals surface area (Å²) < 4.78 is 0. The fourth-order valence-electron chi connectivity index (χ4n) is 0.384. The highest BCUT2D eigenvalue weighted by atomic mass is 28.9. The number of hydrogen-bond acceptors (Lipinski definition) is 1. The minimum atomic E-state index is -1.03. The molecule has 0 bridgehead atoms. The molecule has 1 nitrogen and oxygen atoms in total. The minimum Gasteiger partial charge on any atom is -0.566 e. The molecule has 0 saturated carbocycles. The first-order chi connectivity index (χ1) is 3.39. The molecule has 0 aliphatic carbocycles. The Labute approximate surface area is 45.9 Å². The maximum atomic E-state index is 8.89. The summed E-state index contributed by atoms with van der Waals surface area (Å²) in [5.41, 5.74) is 3.91. The molecule has 0 aromatic heterocycles. The highest BCUT2D eigenvalue weighted by molar-refractivity contribution is 6.87. The molecule has 1 rings (SSSR count). The third-order valence-electron chi connectivity index (χ3n) is 0.693. The Morgan fingerprint density at radius 2 is 2.29 bits per heavy atom. The van der Waals surface area contributed by atoms with Gasteiger partial charge in [-0.25, -0.2) is 0 Å². The highest BCUT2D eigenvalue weighted by Crippen LogP contribution is 1.79. The average Bonchev–Trinajstić information content (AvgIpc) is 1.69. The minimum absolute atomic E-state index is 0.666. The molecule has 0 fully saturated rings. The predicted molar refractivity (Wildman–Crippen MR) is 32.0 cm³/mol. The molecule has 0 saturated heterocycles. The second-order valence-electron chi connectivity index (χ2n) is 1.25. The van der Waals surface area contributed by atoms with Crippen molar-refractivity contribution < 1.29 is 4.80 Å². The summed E-state index contributed by atoms with van der Waals surface area (Å²) in [7, 11) is -0.367. The molecule has 3 heteroatoms. The lowest BCUT2D eigenvalue weighted by atomic mass is 10.6.